The molecule has 1 N–H and O–H groups in total. The van der Waals surface area contributed by atoms with Gasteiger partial charge in [0, 0.05) is 32.3 Å². The van der Waals surface area contributed by atoms with Crippen LogP contribution in [0.25, 0.3) is 0 Å². The number of aromatic nitrogens is 1. The SMILES string of the molecule is CN(C(=O)CC1COCCN1)c1ccccn1. The highest BCUT2D eigenvalue weighted by molar-refractivity contribution is 5.92. The van der Waals surface area contributed by atoms with Gasteiger partial charge < -0.3 is 10.1 Å². The van der Waals surface area contributed by atoms with Gasteiger partial charge in [-0.3, -0.25) is 9.69 Å². The van der Waals surface area contributed by atoms with Gasteiger partial charge in [0.05, 0.1) is 13.2 Å². The molecule has 5 nitrogen and oxygen atoms in total. The lowest BCUT2D eigenvalue weighted by Gasteiger charge is -2.25. The molecule has 17 heavy (non-hydrogen) atoms. The van der Waals surface area contributed by atoms with E-state index in [2.05, 4.69) is 10.3 Å². The van der Waals surface area contributed by atoms with E-state index in [1.807, 2.05) is 18.2 Å². The number of carbonyl (C=O) groups excluding carboxylic acids is 1. The average Bonchev–Trinajstić information content (AvgIpc) is 2.40. The molecular formula is C12H17N3O2. The van der Waals surface area contributed by atoms with E-state index < -0.39 is 0 Å². The van der Waals surface area contributed by atoms with E-state index in [9.17, 15) is 4.79 Å². The lowest BCUT2D eigenvalue weighted by Crippen LogP contribution is -2.44. The molecule has 1 aromatic heterocycles. The maximum absolute atomic E-state index is 12.0. The van der Waals surface area contributed by atoms with Crippen LogP contribution in [0.4, 0.5) is 5.82 Å². The number of carbonyl (C=O) groups is 1. The maximum Gasteiger partial charge on any atom is 0.229 e. The largest absolute Gasteiger partial charge is 0.378 e. The van der Waals surface area contributed by atoms with Crippen molar-refractivity contribution in [3.8, 4) is 0 Å². The third kappa shape index (κ3) is 3.25. The number of rotatable bonds is 3. The number of nitrogens with zero attached hydrogens (tertiary/aromatic N) is 2. The monoisotopic (exact) mass is 235 g/mol. The van der Waals surface area contributed by atoms with Crippen LogP contribution in [0.1, 0.15) is 6.42 Å². The number of ether oxygens (including phenoxy) is 1. The fourth-order valence-corrected chi connectivity index (χ4v) is 1.78. The van der Waals surface area contributed by atoms with Gasteiger partial charge in [-0.15, -0.1) is 0 Å². The summed E-state index contributed by atoms with van der Waals surface area (Å²) >= 11 is 0. The molecule has 1 amide bonds. The van der Waals surface area contributed by atoms with Crippen molar-refractivity contribution in [2.75, 3.05) is 31.7 Å². The first-order valence-electron chi connectivity index (χ1n) is 5.76. The molecule has 1 fully saturated rings. The highest BCUT2D eigenvalue weighted by Gasteiger charge is 2.20. The third-order valence-electron chi connectivity index (χ3n) is 2.79. The van der Waals surface area contributed by atoms with E-state index in [1.54, 1.807) is 18.1 Å². The minimum Gasteiger partial charge on any atom is -0.378 e. The van der Waals surface area contributed by atoms with Crippen LogP contribution < -0.4 is 10.2 Å². The number of morpholine rings is 1. The second kappa shape index (κ2) is 5.75. The molecule has 0 aromatic carbocycles. The van der Waals surface area contributed by atoms with E-state index in [0.717, 1.165) is 13.2 Å². The second-order valence-corrected chi connectivity index (χ2v) is 4.07. The van der Waals surface area contributed by atoms with Crippen LogP contribution in [0.15, 0.2) is 24.4 Å². The Morgan fingerprint density at radius 2 is 2.53 bits per heavy atom. The highest BCUT2D eigenvalue weighted by atomic mass is 16.5. The van der Waals surface area contributed by atoms with Crippen LogP contribution >= 0.6 is 0 Å². The fourth-order valence-electron chi connectivity index (χ4n) is 1.78. The van der Waals surface area contributed by atoms with Crippen molar-refractivity contribution in [2.24, 2.45) is 0 Å². The Kier molecular flexibility index (Phi) is 4.06. The van der Waals surface area contributed by atoms with Gasteiger partial charge in [0.15, 0.2) is 0 Å². The lowest BCUT2D eigenvalue weighted by atomic mass is 10.2. The van der Waals surface area contributed by atoms with E-state index in [1.165, 1.54) is 0 Å². The zero-order valence-electron chi connectivity index (χ0n) is 9.93. The Labute approximate surface area is 101 Å². The molecule has 1 saturated heterocycles. The van der Waals surface area contributed by atoms with E-state index in [4.69, 9.17) is 4.74 Å². The summed E-state index contributed by atoms with van der Waals surface area (Å²) in [6.45, 7) is 2.13. The van der Waals surface area contributed by atoms with Gasteiger partial charge in [0.1, 0.15) is 5.82 Å². The minimum absolute atomic E-state index is 0.0479. The molecule has 0 aliphatic carbocycles. The fraction of sp³-hybridized carbons (Fsp3) is 0.500. The molecule has 1 aromatic rings. The zero-order chi connectivity index (χ0) is 12.1. The Morgan fingerprint density at radius 1 is 1.65 bits per heavy atom. The predicted octanol–water partition coefficient (Wildman–Crippen LogP) is 0.423. The molecule has 1 aliphatic heterocycles. The van der Waals surface area contributed by atoms with Crippen LogP contribution in [0, 0.1) is 0 Å². The van der Waals surface area contributed by atoms with Gasteiger partial charge in [-0.05, 0) is 12.1 Å². The maximum atomic E-state index is 12.0. The minimum atomic E-state index is 0.0479. The van der Waals surface area contributed by atoms with Crippen molar-refractivity contribution < 1.29 is 9.53 Å². The Balaban J connectivity index is 1.91. The summed E-state index contributed by atoms with van der Waals surface area (Å²) in [7, 11) is 1.74. The summed E-state index contributed by atoms with van der Waals surface area (Å²) in [5.74, 6) is 0.723. The van der Waals surface area contributed by atoms with E-state index in [0.29, 0.717) is 18.8 Å². The van der Waals surface area contributed by atoms with Crippen molar-refractivity contribution >= 4 is 11.7 Å². The van der Waals surface area contributed by atoms with E-state index >= 15 is 0 Å². The van der Waals surface area contributed by atoms with Gasteiger partial charge in [0.2, 0.25) is 5.91 Å². The third-order valence-corrected chi connectivity index (χ3v) is 2.79. The number of nitrogens with one attached hydrogen (secondary N) is 1. The molecule has 2 rings (SSSR count). The second-order valence-electron chi connectivity index (χ2n) is 4.07. The molecule has 0 spiro atoms. The first kappa shape index (κ1) is 12.0. The smallest absolute Gasteiger partial charge is 0.229 e. The van der Waals surface area contributed by atoms with Crippen molar-refractivity contribution in [3.05, 3.63) is 24.4 Å². The number of amides is 1. The molecule has 1 unspecified atom stereocenters. The summed E-state index contributed by atoms with van der Waals surface area (Å²) in [5, 5.41) is 3.26. The topological polar surface area (TPSA) is 54.5 Å². The number of hydrogen-bond acceptors (Lipinski definition) is 4. The summed E-state index contributed by atoms with van der Waals surface area (Å²) in [4.78, 5) is 17.7. The Morgan fingerprint density at radius 3 is 3.18 bits per heavy atom. The molecular weight excluding hydrogens is 218 g/mol. The molecule has 1 aliphatic rings. The van der Waals surface area contributed by atoms with Crippen LogP contribution in [0.3, 0.4) is 0 Å². The standard InChI is InChI=1S/C12H17N3O2/c1-15(11-4-2-3-5-14-11)12(16)8-10-9-17-7-6-13-10/h2-5,10,13H,6-9H2,1H3. The summed E-state index contributed by atoms with van der Waals surface area (Å²) in [6, 6.07) is 5.64. The van der Waals surface area contributed by atoms with E-state index in [-0.39, 0.29) is 11.9 Å². The molecule has 1 atom stereocenters. The first-order valence-corrected chi connectivity index (χ1v) is 5.76. The molecule has 0 saturated carbocycles. The first-order chi connectivity index (χ1) is 8.27. The molecule has 0 bridgehead atoms. The van der Waals surface area contributed by atoms with Crippen LogP contribution in [-0.4, -0.2) is 43.7 Å². The number of anilines is 1. The van der Waals surface area contributed by atoms with Crippen LogP contribution in [-0.2, 0) is 9.53 Å². The van der Waals surface area contributed by atoms with Crippen molar-refractivity contribution in [2.45, 2.75) is 12.5 Å². The van der Waals surface area contributed by atoms with Crippen molar-refractivity contribution in [1.29, 1.82) is 0 Å². The lowest BCUT2D eigenvalue weighted by molar-refractivity contribution is -0.119. The van der Waals surface area contributed by atoms with Gasteiger partial charge >= 0.3 is 0 Å². The van der Waals surface area contributed by atoms with Gasteiger partial charge in [-0.25, -0.2) is 4.98 Å². The zero-order valence-corrected chi connectivity index (χ0v) is 9.93. The van der Waals surface area contributed by atoms with Crippen molar-refractivity contribution in [1.82, 2.24) is 10.3 Å². The normalized spacial score (nSPS) is 19.9. The molecule has 92 valence electrons. The van der Waals surface area contributed by atoms with Crippen LogP contribution in [0.2, 0.25) is 0 Å². The summed E-state index contributed by atoms with van der Waals surface area (Å²) < 4.78 is 5.32. The van der Waals surface area contributed by atoms with Gasteiger partial charge in [-0.1, -0.05) is 6.07 Å². The van der Waals surface area contributed by atoms with Crippen molar-refractivity contribution in [3.63, 3.8) is 0 Å². The number of pyridine rings is 1. The number of hydrogen-bond donors (Lipinski definition) is 1. The quantitative estimate of drug-likeness (QED) is 0.825. The summed E-state index contributed by atoms with van der Waals surface area (Å²) in [6.07, 6.45) is 2.12. The molecule has 5 heteroatoms. The van der Waals surface area contributed by atoms with Crippen LogP contribution in [0.5, 0.6) is 0 Å². The Bertz CT molecular complexity index is 363. The molecule has 0 radical (unpaired) electrons. The Hall–Kier alpha value is -1.46. The van der Waals surface area contributed by atoms with Gasteiger partial charge in [0.25, 0.3) is 0 Å². The molecule has 2 heterocycles. The average molecular weight is 235 g/mol. The highest BCUT2D eigenvalue weighted by Crippen LogP contribution is 2.10. The predicted molar refractivity (Wildman–Crippen MR) is 64.9 cm³/mol. The summed E-state index contributed by atoms with van der Waals surface area (Å²) in [5.41, 5.74) is 0. The van der Waals surface area contributed by atoms with Gasteiger partial charge in [-0.2, -0.15) is 0 Å².